The van der Waals surface area contributed by atoms with Crippen LogP contribution in [0.25, 0.3) is 10.9 Å². The normalized spacial score (nSPS) is 13.7. The highest BCUT2D eigenvalue weighted by Gasteiger charge is 2.17. The molecule has 1 aromatic heterocycles. The van der Waals surface area contributed by atoms with Crippen molar-refractivity contribution >= 4 is 34.3 Å². The Morgan fingerprint density at radius 2 is 1.70 bits per heavy atom. The average Bonchev–Trinajstić information content (AvgIpc) is 3.32. The first-order chi connectivity index (χ1) is 18.2. The third-order valence-electron chi connectivity index (χ3n) is 6.78. The van der Waals surface area contributed by atoms with Gasteiger partial charge in [0.25, 0.3) is 5.91 Å². The molecule has 0 bridgehead atoms. The van der Waals surface area contributed by atoms with E-state index in [9.17, 15) is 9.59 Å². The molecule has 37 heavy (non-hydrogen) atoms. The zero-order chi connectivity index (χ0) is 25.5. The highest BCUT2D eigenvalue weighted by Crippen LogP contribution is 2.25. The number of hydrogen-bond donors (Lipinski definition) is 4. The maximum Gasteiger partial charge on any atom is 0.412 e. The molecule has 7 heteroatoms. The molecule has 1 heterocycles. The van der Waals surface area contributed by atoms with Crippen LogP contribution in [0.2, 0.25) is 0 Å². The minimum absolute atomic E-state index is 0.137. The number of H-pyrrole nitrogens is 1. The molecule has 190 valence electrons. The summed E-state index contributed by atoms with van der Waals surface area (Å²) in [5.74, 6) is 0.369. The Bertz CT molecular complexity index is 1360. The minimum Gasteiger partial charge on any atom is -0.410 e. The summed E-state index contributed by atoms with van der Waals surface area (Å²) in [5.41, 5.74) is 4.27. The Morgan fingerprint density at radius 1 is 0.919 bits per heavy atom. The van der Waals surface area contributed by atoms with Gasteiger partial charge in [0.1, 0.15) is 5.75 Å². The molecule has 1 saturated carbocycles. The summed E-state index contributed by atoms with van der Waals surface area (Å²) in [6.07, 6.45) is 7.72. The van der Waals surface area contributed by atoms with Crippen LogP contribution in [-0.4, -0.2) is 29.6 Å². The number of carbonyl (C=O) groups excluding carboxylic acids is 2. The number of nitrogens with one attached hydrogen (secondary N) is 4. The zero-order valence-corrected chi connectivity index (χ0v) is 20.8. The molecule has 4 aromatic rings. The van der Waals surface area contributed by atoms with Gasteiger partial charge in [-0.1, -0.05) is 49.6 Å². The molecule has 2 amide bonds. The van der Waals surface area contributed by atoms with Gasteiger partial charge in [-0.2, -0.15) is 0 Å². The molecule has 0 spiro atoms. The van der Waals surface area contributed by atoms with E-state index in [1.165, 1.54) is 6.42 Å². The monoisotopic (exact) mass is 496 g/mol. The van der Waals surface area contributed by atoms with Crippen LogP contribution in [0.1, 0.15) is 48.0 Å². The number of para-hydroxylation sites is 2. The van der Waals surface area contributed by atoms with Gasteiger partial charge in [-0.05, 0) is 67.3 Å². The maximum absolute atomic E-state index is 13.0. The molecule has 3 aromatic carbocycles. The lowest BCUT2D eigenvalue weighted by Gasteiger charge is -2.22. The molecule has 1 aliphatic carbocycles. The average molecular weight is 497 g/mol. The molecule has 0 saturated heterocycles. The Kier molecular flexibility index (Phi) is 7.69. The molecule has 5 rings (SSSR count). The number of aromatic amines is 1. The first-order valence-corrected chi connectivity index (χ1v) is 12.9. The molecule has 0 radical (unpaired) electrons. The van der Waals surface area contributed by atoms with Crippen molar-refractivity contribution in [2.45, 2.75) is 44.6 Å². The number of aromatic nitrogens is 1. The van der Waals surface area contributed by atoms with Gasteiger partial charge in [-0.15, -0.1) is 0 Å². The molecule has 0 unspecified atom stereocenters. The first kappa shape index (κ1) is 24.4. The quantitative estimate of drug-likeness (QED) is 0.230. The van der Waals surface area contributed by atoms with E-state index in [1.807, 2.05) is 72.9 Å². The summed E-state index contributed by atoms with van der Waals surface area (Å²) in [6.45, 7) is 0.471. The van der Waals surface area contributed by atoms with E-state index >= 15 is 0 Å². The number of amides is 2. The van der Waals surface area contributed by atoms with Gasteiger partial charge in [0.2, 0.25) is 0 Å². The lowest BCUT2D eigenvalue weighted by molar-refractivity contribution is 0.0955. The van der Waals surface area contributed by atoms with Crippen molar-refractivity contribution in [1.82, 2.24) is 15.6 Å². The van der Waals surface area contributed by atoms with E-state index < -0.39 is 6.09 Å². The van der Waals surface area contributed by atoms with Gasteiger partial charge in [-0.3, -0.25) is 4.79 Å². The summed E-state index contributed by atoms with van der Waals surface area (Å²) >= 11 is 0. The summed E-state index contributed by atoms with van der Waals surface area (Å²) < 4.78 is 5.57. The summed E-state index contributed by atoms with van der Waals surface area (Å²) in [5, 5.41) is 10.3. The Hall–Kier alpha value is -4.26. The Morgan fingerprint density at radius 3 is 2.54 bits per heavy atom. The molecule has 0 aliphatic heterocycles. The lowest BCUT2D eigenvalue weighted by Crippen LogP contribution is -2.37. The van der Waals surface area contributed by atoms with Crippen LogP contribution in [-0.2, 0) is 6.42 Å². The molecule has 7 nitrogen and oxygen atoms in total. The topological polar surface area (TPSA) is 95.2 Å². The van der Waals surface area contributed by atoms with Crippen molar-refractivity contribution < 1.29 is 14.3 Å². The van der Waals surface area contributed by atoms with E-state index in [4.69, 9.17) is 4.74 Å². The molecular weight excluding hydrogens is 464 g/mol. The van der Waals surface area contributed by atoms with Gasteiger partial charge in [0, 0.05) is 35.4 Å². The zero-order valence-electron chi connectivity index (χ0n) is 20.8. The second kappa shape index (κ2) is 11.6. The van der Waals surface area contributed by atoms with Gasteiger partial charge >= 0.3 is 6.09 Å². The fourth-order valence-corrected chi connectivity index (χ4v) is 4.85. The number of fused-ring (bicyclic) bond motifs is 1. The fraction of sp³-hybridized carbons (Fsp3) is 0.267. The van der Waals surface area contributed by atoms with Crippen molar-refractivity contribution in [1.29, 1.82) is 0 Å². The largest absolute Gasteiger partial charge is 0.412 e. The highest BCUT2D eigenvalue weighted by molar-refractivity contribution is 6.00. The Labute approximate surface area is 216 Å². The maximum atomic E-state index is 13.0. The fourth-order valence-electron chi connectivity index (χ4n) is 4.85. The standard InChI is InChI=1S/C30H32N4O3/c35-29(25-13-7-8-14-28(25)33-22-9-3-1-4-10-22)31-18-17-21-20-32-27-16-15-24(19-26(21)27)37-30(36)34-23-11-5-2-6-12-23/h1,3-4,7-10,13-16,19-20,23,32-33H,2,5-6,11-12,17-18H2,(H,31,35)(H,34,36). The number of rotatable bonds is 8. The van der Waals surface area contributed by atoms with E-state index in [0.717, 1.165) is 53.5 Å². The predicted molar refractivity (Wildman–Crippen MR) is 147 cm³/mol. The third-order valence-corrected chi connectivity index (χ3v) is 6.78. The summed E-state index contributed by atoms with van der Waals surface area (Å²) in [4.78, 5) is 28.6. The van der Waals surface area contributed by atoms with Gasteiger partial charge in [-0.25, -0.2) is 4.79 Å². The van der Waals surface area contributed by atoms with E-state index in [1.54, 1.807) is 6.07 Å². The van der Waals surface area contributed by atoms with Crippen LogP contribution in [0, 0.1) is 0 Å². The van der Waals surface area contributed by atoms with Gasteiger partial charge in [0.05, 0.1) is 11.3 Å². The van der Waals surface area contributed by atoms with Crippen LogP contribution in [0.4, 0.5) is 16.2 Å². The van der Waals surface area contributed by atoms with Crippen molar-refractivity contribution in [3.8, 4) is 5.75 Å². The van der Waals surface area contributed by atoms with Crippen LogP contribution in [0.3, 0.4) is 0 Å². The molecule has 1 aliphatic rings. The lowest BCUT2D eigenvalue weighted by atomic mass is 9.96. The number of anilines is 2. The number of hydrogen-bond acceptors (Lipinski definition) is 4. The first-order valence-electron chi connectivity index (χ1n) is 12.9. The van der Waals surface area contributed by atoms with E-state index in [2.05, 4.69) is 20.9 Å². The van der Waals surface area contributed by atoms with E-state index in [-0.39, 0.29) is 11.9 Å². The van der Waals surface area contributed by atoms with E-state index in [0.29, 0.717) is 24.3 Å². The van der Waals surface area contributed by atoms with Gasteiger partial charge in [0.15, 0.2) is 0 Å². The minimum atomic E-state index is -0.404. The molecule has 0 atom stereocenters. The SMILES string of the molecule is O=C(NC1CCCCC1)Oc1ccc2[nH]cc(CCNC(=O)c3ccccc3Nc3ccccc3)c2c1. The van der Waals surface area contributed by atoms with Crippen molar-refractivity contribution in [2.24, 2.45) is 0 Å². The summed E-state index contributed by atoms with van der Waals surface area (Å²) in [7, 11) is 0. The second-order valence-electron chi connectivity index (χ2n) is 9.43. The smallest absolute Gasteiger partial charge is 0.410 e. The van der Waals surface area contributed by atoms with Crippen LogP contribution < -0.4 is 20.7 Å². The number of ether oxygens (including phenoxy) is 1. The van der Waals surface area contributed by atoms with Crippen molar-refractivity contribution in [3.05, 3.63) is 90.1 Å². The number of carbonyl (C=O) groups is 2. The predicted octanol–water partition coefficient (Wildman–Crippen LogP) is 6.31. The number of benzene rings is 3. The van der Waals surface area contributed by atoms with Gasteiger partial charge < -0.3 is 25.7 Å². The Balaban J connectivity index is 1.19. The highest BCUT2D eigenvalue weighted by atomic mass is 16.6. The van der Waals surface area contributed by atoms with Crippen LogP contribution in [0.15, 0.2) is 79.0 Å². The molecule has 4 N–H and O–H groups in total. The third kappa shape index (κ3) is 6.30. The molecular formula is C30H32N4O3. The van der Waals surface area contributed by atoms with Crippen molar-refractivity contribution in [3.63, 3.8) is 0 Å². The summed E-state index contributed by atoms with van der Waals surface area (Å²) in [6, 6.07) is 23.0. The van der Waals surface area contributed by atoms with Crippen LogP contribution in [0.5, 0.6) is 5.75 Å². The van der Waals surface area contributed by atoms with Crippen molar-refractivity contribution in [2.75, 3.05) is 11.9 Å². The molecule has 1 fully saturated rings. The van der Waals surface area contributed by atoms with Crippen LogP contribution >= 0.6 is 0 Å². The second-order valence-corrected chi connectivity index (χ2v) is 9.43.